The van der Waals surface area contributed by atoms with Gasteiger partial charge in [-0.3, -0.25) is 4.79 Å². The second-order valence-corrected chi connectivity index (χ2v) is 7.73. The van der Waals surface area contributed by atoms with Gasteiger partial charge in [0.25, 0.3) is 0 Å². The molecule has 0 fully saturated rings. The Hall–Kier alpha value is -2.84. The van der Waals surface area contributed by atoms with Crippen LogP contribution in [0.25, 0.3) is 22.3 Å². The molecule has 0 spiro atoms. The minimum atomic E-state index is -4.46. The average molecular weight is 438 g/mol. The van der Waals surface area contributed by atoms with Crippen molar-refractivity contribution < 1.29 is 22.3 Å². The van der Waals surface area contributed by atoms with Crippen molar-refractivity contribution in [3.63, 3.8) is 0 Å². The van der Waals surface area contributed by atoms with E-state index in [-0.39, 0.29) is 23.7 Å². The van der Waals surface area contributed by atoms with E-state index in [1.165, 1.54) is 29.7 Å². The molecule has 0 bridgehead atoms. The van der Waals surface area contributed by atoms with Gasteiger partial charge in [-0.25, -0.2) is 4.98 Å². The van der Waals surface area contributed by atoms with Gasteiger partial charge in [0.15, 0.2) is 10.2 Å². The molecule has 29 heavy (non-hydrogen) atoms. The largest absolute Gasteiger partial charge is 0.480 e. The summed E-state index contributed by atoms with van der Waals surface area (Å²) in [5.74, 6) is -0.0361. The lowest BCUT2D eigenvalue weighted by Crippen LogP contribution is -2.10. The third kappa shape index (κ3) is 3.99. The van der Waals surface area contributed by atoms with Crippen LogP contribution in [0.4, 0.5) is 13.2 Å². The van der Waals surface area contributed by atoms with Crippen molar-refractivity contribution in [3.8, 4) is 17.1 Å². The number of rotatable bonds is 4. The first-order chi connectivity index (χ1) is 13.8. The van der Waals surface area contributed by atoms with Gasteiger partial charge in [-0.2, -0.15) is 13.2 Å². The van der Waals surface area contributed by atoms with Crippen molar-refractivity contribution in [3.05, 3.63) is 79.9 Å². The summed E-state index contributed by atoms with van der Waals surface area (Å²) in [7, 11) is 0. The van der Waals surface area contributed by atoms with Crippen LogP contribution < -0.4 is 10.2 Å². The lowest BCUT2D eigenvalue weighted by molar-refractivity contribution is -0.137. The van der Waals surface area contributed by atoms with Crippen LogP contribution in [0, 0.1) is 0 Å². The van der Waals surface area contributed by atoms with Crippen molar-refractivity contribution in [2.75, 3.05) is 0 Å². The summed E-state index contributed by atoms with van der Waals surface area (Å²) in [5, 5.41) is 0.306. The maximum atomic E-state index is 13.0. The van der Waals surface area contributed by atoms with E-state index in [1.807, 2.05) is 0 Å². The smallest absolute Gasteiger partial charge is 0.416 e. The summed E-state index contributed by atoms with van der Waals surface area (Å²) in [6.07, 6.45) is -2.94. The quantitative estimate of drug-likeness (QED) is 0.383. The molecule has 0 aliphatic carbocycles. The molecule has 0 atom stereocenters. The Kier molecular flexibility index (Phi) is 5.06. The van der Waals surface area contributed by atoms with E-state index >= 15 is 0 Å². The number of alkyl halides is 3. The first-order valence-electron chi connectivity index (χ1n) is 8.29. The third-order valence-corrected chi connectivity index (χ3v) is 5.20. The monoisotopic (exact) mass is 437 g/mol. The summed E-state index contributed by atoms with van der Waals surface area (Å²) in [4.78, 5) is 17.6. The highest BCUT2D eigenvalue weighted by Gasteiger charge is 2.30. The standard InChI is InChI=1S/C20H11ClF3NO3S/c21-19-25-9-13(29-19)10-27-18-16(26)14-3-1-2-4-15(14)28-17(18)11-5-7-12(8-6-11)20(22,23)24/h1-9H,10H2. The summed E-state index contributed by atoms with van der Waals surface area (Å²) < 4.78 is 50.5. The highest BCUT2D eigenvalue weighted by atomic mass is 35.5. The van der Waals surface area contributed by atoms with Crippen LogP contribution in [0.15, 0.2) is 63.9 Å². The molecule has 4 rings (SSSR count). The summed E-state index contributed by atoms with van der Waals surface area (Å²) in [5.41, 5.74) is -0.623. The van der Waals surface area contributed by atoms with E-state index in [2.05, 4.69) is 4.98 Å². The van der Waals surface area contributed by atoms with E-state index in [0.29, 0.717) is 20.3 Å². The van der Waals surface area contributed by atoms with Gasteiger partial charge in [-0.05, 0) is 24.3 Å². The zero-order valence-corrected chi connectivity index (χ0v) is 16.1. The van der Waals surface area contributed by atoms with Gasteiger partial charge in [0.1, 0.15) is 12.2 Å². The second-order valence-electron chi connectivity index (χ2n) is 6.03. The van der Waals surface area contributed by atoms with Gasteiger partial charge >= 0.3 is 6.18 Å². The molecule has 2 aromatic heterocycles. The fourth-order valence-corrected chi connectivity index (χ4v) is 3.64. The van der Waals surface area contributed by atoms with Crippen LogP contribution in [0.5, 0.6) is 5.75 Å². The lowest BCUT2D eigenvalue weighted by Gasteiger charge is -2.12. The summed E-state index contributed by atoms with van der Waals surface area (Å²) in [6, 6.07) is 10.9. The number of para-hydroxylation sites is 1. The van der Waals surface area contributed by atoms with E-state index in [0.717, 1.165) is 12.1 Å². The van der Waals surface area contributed by atoms with Crippen LogP contribution >= 0.6 is 22.9 Å². The van der Waals surface area contributed by atoms with Crippen molar-refractivity contribution in [1.29, 1.82) is 0 Å². The molecule has 4 aromatic rings. The second kappa shape index (κ2) is 7.53. The summed E-state index contributed by atoms with van der Waals surface area (Å²) in [6.45, 7) is 0.0150. The number of benzene rings is 2. The van der Waals surface area contributed by atoms with Gasteiger partial charge in [-0.15, -0.1) is 11.3 Å². The highest BCUT2D eigenvalue weighted by molar-refractivity contribution is 7.15. The Labute approximate surface area is 171 Å². The number of thiazole rings is 1. The minimum Gasteiger partial charge on any atom is -0.480 e. The molecular formula is C20H11ClF3NO3S. The molecule has 0 aliphatic rings. The van der Waals surface area contributed by atoms with Crippen LogP contribution in [-0.4, -0.2) is 4.98 Å². The van der Waals surface area contributed by atoms with Crippen LogP contribution in [0.3, 0.4) is 0 Å². The van der Waals surface area contributed by atoms with Crippen LogP contribution in [0.1, 0.15) is 10.4 Å². The Morgan fingerprint density at radius 2 is 1.83 bits per heavy atom. The molecule has 9 heteroatoms. The van der Waals surface area contributed by atoms with Crippen LogP contribution in [0.2, 0.25) is 4.47 Å². The number of ether oxygens (including phenoxy) is 1. The SMILES string of the molecule is O=c1c(OCc2cnc(Cl)s2)c(-c2ccc(C(F)(F)F)cc2)oc2ccccc12. The number of fused-ring (bicyclic) bond motifs is 1. The zero-order chi connectivity index (χ0) is 20.6. The summed E-state index contributed by atoms with van der Waals surface area (Å²) >= 11 is 7.00. The molecule has 0 saturated carbocycles. The lowest BCUT2D eigenvalue weighted by atomic mass is 10.1. The fraction of sp³-hybridized carbons (Fsp3) is 0.100. The molecule has 148 valence electrons. The fourth-order valence-electron chi connectivity index (χ4n) is 2.75. The molecule has 0 aliphatic heterocycles. The normalized spacial score (nSPS) is 11.7. The first kappa shape index (κ1) is 19.5. The number of nitrogens with zero attached hydrogens (tertiary/aromatic N) is 1. The van der Waals surface area contributed by atoms with E-state index in [9.17, 15) is 18.0 Å². The average Bonchev–Trinajstić information content (AvgIpc) is 3.12. The predicted octanol–water partition coefficient (Wildman–Crippen LogP) is 6.17. The molecule has 0 saturated heterocycles. The van der Waals surface area contributed by atoms with Crippen molar-refractivity contribution in [2.45, 2.75) is 12.8 Å². The zero-order valence-electron chi connectivity index (χ0n) is 14.5. The van der Waals surface area contributed by atoms with E-state index < -0.39 is 17.2 Å². The molecule has 2 aromatic carbocycles. The van der Waals surface area contributed by atoms with Gasteiger partial charge in [0.2, 0.25) is 11.2 Å². The van der Waals surface area contributed by atoms with Crippen molar-refractivity contribution in [2.24, 2.45) is 0 Å². The first-order valence-corrected chi connectivity index (χ1v) is 9.49. The predicted molar refractivity (Wildman–Crippen MR) is 104 cm³/mol. The maximum absolute atomic E-state index is 13.0. The number of halogens is 4. The Morgan fingerprint density at radius 3 is 2.48 bits per heavy atom. The Balaban J connectivity index is 1.81. The number of hydrogen-bond acceptors (Lipinski definition) is 5. The van der Waals surface area contributed by atoms with Gasteiger partial charge in [0, 0.05) is 11.8 Å². The third-order valence-electron chi connectivity index (χ3n) is 4.11. The van der Waals surface area contributed by atoms with E-state index in [4.69, 9.17) is 20.8 Å². The maximum Gasteiger partial charge on any atom is 0.416 e. The van der Waals surface area contributed by atoms with Gasteiger partial charge < -0.3 is 9.15 Å². The number of aromatic nitrogens is 1. The minimum absolute atomic E-state index is 0.0150. The number of hydrogen-bond donors (Lipinski definition) is 0. The molecule has 0 amide bonds. The Morgan fingerprint density at radius 1 is 1.10 bits per heavy atom. The van der Waals surface area contributed by atoms with Gasteiger partial charge in [0.05, 0.1) is 15.8 Å². The molecule has 2 heterocycles. The molecular weight excluding hydrogens is 427 g/mol. The molecule has 0 unspecified atom stereocenters. The molecule has 4 nitrogen and oxygen atoms in total. The highest BCUT2D eigenvalue weighted by Crippen LogP contribution is 2.35. The molecule has 0 radical (unpaired) electrons. The van der Waals surface area contributed by atoms with E-state index in [1.54, 1.807) is 24.3 Å². The van der Waals surface area contributed by atoms with Gasteiger partial charge in [-0.1, -0.05) is 35.9 Å². The topological polar surface area (TPSA) is 52.3 Å². The van der Waals surface area contributed by atoms with Crippen LogP contribution in [-0.2, 0) is 12.8 Å². The molecule has 0 N–H and O–H groups in total. The van der Waals surface area contributed by atoms with Crippen molar-refractivity contribution >= 4 is 33.9 Å². The Bertz CT molecular complexity index is 1230. The van der Waals surface area contributed by atoms with Crippen molar-refractivity contribution in [1.82, 2.24) is 4.98 Å².